The molecule has 2 aromatic carbocycles. The largest absolute Gasteiger partial charge is 0.444 e. The molecule has 0 radical (unpaired) electrons. The number of amides is 1. The Morgan fingerprint density at radius 2 is 1.83 bits per heavy atom. The van der Waals surface area contributed by atoms with Crippen LogP contribution in [0.15, 0.2) is 48.5 Å². The zero-order chi connectivity index (χ0) is 20.4. The second-order valence-corrected chi connectivity index (χ2v) is 8.55. The van der Waals surface area contributed by atoms with E-state index in [4.69, 9.17) is 9.72 Å². The van der Waals surface area contributed by atoms with Gasteiger partial charge in [0.2, 0.25) is 0 Å². The van der Waals surface area contributed by atoms with Gasteiger partial charge in [0.1, 0.15) is 11.4 Å². The van der Waals surface area contributed by atoms with E-state index in [1.54, 1.807) is 4.90 Å². The fourth-order valence-electron chi connectivity index (χ4n) is 3.58. The van der Waals surface area contributed by atoms with Crippen molar-refractivity contribution in [3.63, 3.8) is 0 Å². The van der Waals surface area contributed by atoms with Crippen LogP contribution in [0.5, 0.6) is 0 Å². The summed E-state index contributed by atoms with van der Waals surface area (Å²) in [7, 11) is 0. The van der Waals surface area contributed by atoms with E-state index < -0.39 is 5.60 Å². The van der Waals surface area contributed by atoms with E-state index in [2.05, 4.69) is 34.1 Å². The molecule has 0 spiro atoms. The van der Waals surface area contributed by atoms with Gasteiger partial charge in [0.05, 0.1) is 11.0 Å². The summed E-state index contributed by atoms with van der Waals surface area (Å²) in [5.41, 5.74) is 3.91. The van der Waals surface area contributed by atoms with Gasteiger partial charge in [-0.25, -0.2) is 9.78 Å². The first kappa shape index (κ1) is 19.5. The quantitative estimate of drug-likeness (QED) is 0.723. The van der Waals surface area contributed by atoms with Gasteiger partial charge in [-0.3, -0.25) is 4.90 Å². The van der Waals surface area contributed by atoms with Gasteiger partial charge < -0.3 is 14.6 Å². The van der Waals surface area contributed by atoms with E-state index in [0.29, 0.717) is 13.1 Å². The molecular weight excluding hydrogens is 364 g/mol. The molecule has 1 saturated heterocycles. The van der Waals surface area contributed by atoms with Crippen molar-refractivity contribution < 1.29 is 9.53 Å². The Kier molecular flexibility index (Phi) is 5.28. The van der Waals surface area contributed by atoms with Gasteiger partial charge >= 0.3 is 6.09 Å². The smallest absolute Gasteiger partial charge is 0.410 e. The molecule has 6 nitrogen and oxygen atoms in total. The summed E-state index contributed by atoms with van der Waals surface area (Å²) in [5.74, 6) is 0.891. The number of nitrogens with zero attached hydrogens (tertiary/aromatic N) is 3. The molecular formula is C23H28N4O2. The number of rotatable bonds is 3. The number of fused-ring (bicyclic) bond motifs is 1. The van der Waals surface area contributed by atoms with Gasteiger partial charge in [0, 0.05) is 38.3 Å². The van der Waals surface area contributed by atoms with Crippen LogP contribution in [-0.4, -0.2) is 57.6 Å². The molecule has 4 rings (SSSR count). The lowest BCUT2D eigenvalue weighted by molar-refractivity contribution is 0.0139. The van der Waals surface area contributed by atoms with E-state index in [-0.39, 0.29) is 6.09 Å². The third-order valence-electron chi connectivity index (χ3n) is 5.02. The SMILES string of the molecule is CC(C)(C)OC(=O)N1CCN(Cc2cccc(-c3nc4ccccc4[nH]3)c2)CC1. The van der Waals surface area contributed by atoms with Crippen LogP contribution in [0, 0.1) is 0 Å². The third-order valence-corrected chi connectivity index (χ3v) is 5.02. The maximum absolute atomic E-state index is 12.2. The van der Waals surface area contributed by atoms with Crippen LogP contribution < -0.4 is 0 Å². The van der Waals surface area contributed by atoms with Gasteiger partial charge in [-0.2, -0.15) is 0 Å². The fraction of sp³-hybridized carbons (Fsp3) is 0.391. The molecule has 152 valence electrons. The van der Waals surface area contributed by atoms with Crippen molar-refractivity contribution in [3.05, 3.63) is 54.1 Å². The number of H-pyrrole nitrogens is 1. The van der Waals surface area contributed by atoms with Crippen LogP contribution in [0.4, 0.5) is 4.79 Å². The number of imidazole rings is 1. The van der Waals surface area contributed by atoms with Gasteiger partial charge in [-0.15, -0.1) is 0 Å². The van der Waals surface area contributed by atoms with Crippen LogP contribution in [0.1, 0.15) is 26.3 Å². The number of hydrogen-bond donors (Lipinski definition) is 1. The number of benzene rings is 2. The molecule has 1 aliphatic heterocycles. The predicted molar refractivity (Wildman–Crippen MR) is 115 cm³/mol. The average molecular weight is 393 g/mol. The first-order valence-corrected chi connectivity index (χ1v) is 10.1. The minimum Gasteiger partial charge on any atom is -0.444 e. The van der Waals surface area contributed by atoms with Gasteiger partial charge in [0.25, 0.3) is 0 Å². The molecule has 0 bridgehead atoms. The molecule has 1 aliphatic rings. The van der Waals surface area contributed by atoms with Crippen molar-refractivity contribution >= 4 is 17.1 Å². The first-order chi connectivity index (χ1) is 13.9. The lowest BCUT2D eigenvalue weighted by Crippen LogP contribution is -2.49. The molecule has 2 heterocycles. The lowest BCUT2D eigenvalue weighted by Gasteiger charge is -2.35. The molecule has 0 aliphatic carbocycles. The summed E-state index contributed by atoms with van der Waals surface area (Å²) in [6.07, 6.45) is -0.218. The molecule has 3 aromatic rings. The highest BCUT2D eigenvalue weighted by molar-refractivity contribution is 5.79. The average Bonchev–Trinajstić information content (AvgIpc) is 3.12. The number of aromatic nitrogens is 2. The summed E-state index contributed by atoms with van der Waals surface area (Å²) in [6, 6.07) is 16.6. The Hall–Kier alpha value is -2.86. The lowest BCUT2D eigenvalue weighted by atomic mass is 10.1. The van der Waals surface area contributed by atoms with Crippen LogP contribution >= 0.6 is 0 Å². The molecule has 6 heteroatoms. The predicted octanol–water partition coefficient (Wildman–Crippen LogP) is 4.28. The number of para-hydroxylation sites is 2. The normalized spacial score (nSPS) is 15.6. The highest BCUT2D eigenvalue weighted by Gasteiger charge is 2.25. The highest BCUT2D eigenvalue weighted by Crippen LogP contribution is 2.22. The molecule has 1 fully saturated rings. The van der Waals surface area contributed by atoms with Crippen molar-refractivity contribution in [2.24, 2.45) is 0 Å². The van der Waals surface area contributed by atoms with Crippen molar-refractivity contribution in [2.75, 3.05) is 26.2 Å². The zero-order valence-electron chi connectivity index (χ0n) is 17.3. The van der Waals surface area contributed by atoms with E-state index in [1.165, 1.54) is 5.56 Å². The number of carbonyl (C=O) groups is 1. The van der Waals surface area contributed by atoms with Crippen molar-refractivity contribution in [1.29, 1.82) is 0 Å². The van der Waals surface area contributed by atoms with E-state index >= 15 is 0 Å². The van der Waals surface area contributed by atoms with E-state index in [0.717, 1.165) is 42.1 Å². The van der Waals surface area contributed by atoms with Crippen LogP contribution in [-0.2, 0) is 11.3 Å². The topological polar surface area (TPSA) is 61.5 Å². The second-order valence-electron chi connectivity index (χ2n) is 8.55. The monoisotopic (exact) mass is 392 g/mol. The zero-order valence-corrected chi connectivity index (χ0v) is 17.3. The van der Waals surface area contributed by atoms with Crippen LogP contribution in [0.3, 0.4) is 0 Å². The van der Waals surface area contributed by atoms with Crippen molar-refractivity contribution in [3.8, 4) is 11.4 Å². The minimum absolute atomic E-state index is 0.218. The number of piperazine rings is 1. The Morgan fingerprint density at radius 3 is 2.55 bits per heavy atom. The minimum atomic E-state index is -0.453. The Bertz CT molecular complexity index is 964. The standard InChI is InChI=1S/C23H28N4O2/c1-23(2,3)29-22(28)27-13-11-26(12-14-27)16-17-7-6-8-18(15-17)21-24-19-9-4-5-10-20(19)25-21/h4-10,15H,11-14,16H2,1-3H3,(H,24,25). The molecule has 1 N–H and O–H groups in total. The molecule has 29 heavy (non-hydrogen) atoms. The van der Waals surface area contributed by atoms with E-state index in [1.807, 2.05) is 45.0 Å². The first-order valence-electron chi connectivity index (χ1n) is 10.1. The van der Waals surface area contributed by atoms with Crippen LogP contribution in [0.2, 0.25) is 0 Å². The summed E-state index contributed by atoms with van der Waals surface area (Å²) < 4.78 is 5.48. The summed E-state index contributed by atoms with van der Waals surface area (Å²) in [4.78, 5) is 24.5. The number of nitrogens with one attached hydrogen (secondary N) is 1. The second kappa shape index (κ2) is 7.87. The Labute approximate surface area is 171 Å². The molecule has 0 atom stereocenters. The van der Waals surface area contributed by atoms with Gasteiger partial charge in [0.15, 0.2) is 0 Å². The Morgan fingerprint density at radius 1 is 1.07 bits per heavy atom. The molecule has 1 amide bonds. The number of hydrogen-bond acceptors (Lipinski definition) is 4. The third kappa shape index (κ3) is 4.77. The number of ether oxygens (including phenoxy) is 1. The molecule has 1 aromatic heterocycles. The van der Waals surface area contributed by atoms with Crippen LogP contribution in [0.25, 0.3) is 22.4 Å². The number of aromatic amines is 1. The van der Waals surface area contributed by atoms with Gasteiger partial charge in [-0.1, -0.05) is 30.3 Å². The highest BCUT2D eigenvalue weighted by atomic mass is 16.6. The maximum Gasteiger partial charge on any atom is 0.410 e. The molecule has 0 saturated carbocycles. The fourth-order valence-corrected chi connectivity index (χ4v) is 3.58. The summed E-state index contributed by atoms with van der Waals surface area (Å²) in [5, 5.41) is 0. The van der Waals surface area contributed by atoms with E-state index in [9.17, 15) is 4.79 Å². The summed E-state index contributed by atoms with van der Waals surface area (Å²) >= 11 is 0. The van der Waals surface area contributed by atoms with Gasteiger partial charge in [-0.05, 0) is 44.5 Å². The Balaban J connectivity index is 1.38. The number of carbonyl (C=O) groups excluding carboxylic acids is 1. The van der Waals surface area contributed by atoms with Crippen molar-refractivity contribution in [1.82, 2.24) is 19.8 Å². The van der Waals surface area contributed by atoms with Crippen molar-refractivity contribution in [2.45, 2.75) is 32.9 Å². The summed E-state index contributed by atoms with van der Waals surface area (Å²) in [6.45, 7) is 9.62. The maximum atomic E-state index is 12.2. The molecule has 0 unspecified atom stereocenters.